The van der Waals surface area contributed by atoms with Crippen molar-refractivity contribution >= 4 is 159 Å². The molecule has 0 N–H and O–H groups in total. The molecule has 0 atom stereocenters. The predicted octanol–water partition coefficient (Wildman–Crippen LogP) is 16.2. The first-order valence-corrected chi connectivity index (χ1v) is 31.2. The lowest BCUT2D eigenvalue weighted by Crippen LogP contribution is -2.49. The molecule has 18 heteroatoms. The second kappa shape index (κ2) is 17.2. The zero-order valence-corrected chi connectivity index (χ0v) is 48.9. The van der Waals surface area contributed by atoms with Crippen molar-refractivity contribution in [1.82, 2.24) is 0 Å². The summed E-state index contributed by atoms with van der Waals surface area (Å²) in [4.78, 5) is 57.9. The van der Waals surface area contributed by atoms with Crippen LogP contribution >= 0.6 is 141 Å². The molecule has 0 saturated heterocycles. The molecule has 6 aliphatic rings. The van der Waals surface area contributed by atoms with Gasteiger partial charge in [0.05, 0.1) is 57.1 Å². The van der Waals surface area contributed by atoms with Crippen molar-refractivity contribution in [2.75, 3.05) is 20.3 Å². The van der Waals surface area contributed by atoms with E-state index >= 15 is 0 Å². The number of benzene rings is 3. The first-order valence-electron chi connectivity index (χ1n) is 21.4. The zero-order chi connectivity index (χ0) is 47.2. The van der Waals surface area contributed by atoms with Gasteiger partial charge < -0.3 is 14.2 Å². The minimum Gasteiger partial charge on any atom is -0.469 e. The third-order valence-corrected chi connectivity index (χ3v) is 27.7. The van der Waals surface area contributed by atoms with Crippen LogP contribution in [0.15, 0.2) is 70.9 Å². The standard InChI is InChI=1S/C47H53O6S12/c1-16-52-39(49)47(20-25(48)51-15,40(50)53-17-2)30-37-35(62-45(11,12)64-37)29(36-38(30)65-46(13,14)63-36)26(27-31-21(54-41(3,4)58-31)18-22-32(27)59-42(5,6)55-22)28-33-23(56-43(7,8)60-33)19-24-34(28)61-44(9,10)57-24/h18-19H,16-17,20H2,1-15H3. The number of fused-ring (bicyclic) bond motifs is 6. The molecule has 65 heavy (non-hydrogen) atoms. The summed E-state index contributed by atoms with van der Waals surface area (Å²) in [5.74, 6) is -1.07. The Hall–Kier alpha value is 0.270. The summed E-state index contributed by atoms with van der Waals surface area (Å²) >= 11 is 22.6. The number of hydrogen-bond acceptors (Lipinski definition) is 18. The maximum Gasteiger partial charge on any atom is 0.328 e. The number of ether oxygens (including phenoxy) is 3. The number of hydrogen-bond donors (Lipinski definition) is 0. The van der Waals surface area contributed by atoms with Crippen LogP contribution in [-0.4, -0.2) is 62.7 Å². The highest BCUT2D eigenvalue weighted by atomic mass is 32.2. The Morgan fingerprint density at radius 2 is 0.723 bits per heavy atom. The van der Waals surface area contributed by atoms with Crippen LogP contribution in [0.3, 0.4) is 0 Å². The Kier molecular flexibility index (Phi) is 13.3. The molecule has 0 bridgehead atoms. The van der Waals surface area contributed by atoms with Crippen LogP contribution in [-0.2, 0) is 34.0 Å². The lowest BCUT2D eigenvalue weighted by atomic mass is 9.75. The van der Waals surface area contributed by atoms with Gasteiger partial charge in [-0.25, -0.2) is 0 Å². The van der Waals surface area contributed by atoms with Gasteiger partial charge >= 0.3 is 17.9 Å². The molecule has 0 spiro atoms. The van der Waals surface area contributed by atoms with Crippen molar-refractivity contribution < 1.29 is 28.6 Å². The molecule has 1 radical (unpaired) electrons. The zero-order valence-electron chi connectivity index (χ0n) is 39.1. The molecular weight excluding hydrogens is 1050 g/mol. The first kappa shape index (κ1) is 50.2. The van der Waals surface area contributed by atoms with Crippen LogP contribution in [0.5, 0.6) is 0 Å². The van der Waals surface area contributed by atoms with Crippen molar-refractivity contribution in [3.63, 3.8) is 0 Å². The molecule has 0 amide bonds. The summed E-state index contributed by atoms with van der Waals surface area (Å²) in [6, 6.07) is 4.90. The number of esters is 3. The van der Waals surface area contributed by atoms with Crippen LogP contribution in [0.4, 0.5) is 0 Å². The molecule has 6 nitrogen and oxygen atoms in total. The summed E-state index contributed by atoms with van der Waals surface area (Å²) in [7, 11) is 1.29. The van der Waals surface area contributed by atoms with Gasteiger partial charge in [-0.15, -0.1) is 141 Å². The van der Waals surface area contributed by atoms with Crippen molar-refractivity contribution in [2.24, 2.45) is 0 Å². The summed E-state index contributed by atoms with van der Waals surface area (Å²) in [5.41, 5.74) is 2.08. The van der Waals surface area contributed by atoms with Gasteiger partial charge in [-0.2, -0.15) is 0 Å². The number of carbonyl (C=O) groups is 3. The second-order valence-electron chi connectivity index (χ2n) is 19.0. The smallest absolute Gasteiger partial charge is 0.328 e. The second-order valence-corrected chi connectivity index (χ2v) is 40.2. The highest BCUT2D eigenvalue weighted by Crippen LogP contribution is 2.74. The molecule has 0 fully saturated rings. The van der Waals surface area contributed by atoms with Crippen LogP contribution < -0.4 is 0 Å². The fourth-order valence-corrected chi connectivity index (χ4v) is 26.4. The molecule has 9 rings (SSSR count). The van der Waals surface area contributed by atoms with Crippen molar-refractivity contribution in [3.8, 4) is 0 Å². The third-order valence-electron chi connectivity index (χ3n) is 10.9. The molecule has 6 heterocycles. The fraction of sp³-hybridized carbons (Fsp3) is 0.532. The van der Waals surface area contributed by atoms with Gasteiger partial charge in [-0.1, -0.05) is 0 Å². The van der Waals surface area contributed by atoms with E-state index in [-0.39, 0.29) is 29.5 Å². The average molecular weight is 1100 g/mol. The molecule has 3 aromatic carbocycles. The summed E-state index contributed by atoms with van der Waals surface area (Å²) in [6.07, 6.45) is -0.551. The van der Waals surface area contributed by atoms with E-state index in [1.54, 1.807) is 60.9 Å². The Labute approximate surface area is 435 Å². The maximum atomic E-state index is 15.0. The van der Waals surface area contributed by atoms with E-state index in [1.807, 2.05) is 94.1 Å². The summed E-state index contributed by atoms with van der Waals surface area (Å²) < 4.78 is 15.9. The number of carbonyl (C=O) groups excluding carboxylic acids is 3. The van der Waals surface area contributed by atoms with E-state index in [2.05, 4.69) is 95.2 Å². The molecule has 0 aromatic heterocycles. The van der Waals surface area contributed by atoms with Gasteiger partial charge in [0.1, 0.15) is 0 Å². The molecular formula is C47H53O6S12. The van der Waals surface area contributed by atoms with E-state index < -0.39 is 37.9 Å². The van der Waals surface area contributed by atoms with Gasteiger partial charge in [0, 0.05) is 64.3 Å². The van der Waals surface area contributed by atoms with Gasteiger partial charge in [0.15, 0.2) is 0 Å². The largest absolute Gasteiger partial charge is 0.469 e. The Balaban J connectivity index is 1.49. The number of methoxy groups -OCH3 is 1. The lowest BCUT2D eigenvalue weighted by Gasteiger charge is -2.34. The first-order chi connectivity index (χ1) is 30.1. The van der Waals surface area contributed by atoms with E-state index in [1.165, 1.54) is 63.3 Å². The summed E-state index contributed by atoms with van der Waals surface area (Å²) in [6.45, 7) is 31.0. The molecule has 0 saturated carbocycles. The average Bonchev–Trinajstić information content (AvgIpc) is 3.98. The van der Waals surface area contributed by atoms with Crippen LogP contribution in [0.25, 0.3) is 0 Å². The molecule has 0 aliphatic carbocycles. The van der Waals surface area contributed by atoms with E-state index in [0.29, 0.717) is 5.56 Å². The Morgan fingerprint density at radius 1 is 0.446 bits per heavy atom. The Morgan fingerprint density at radius 3 is 1.03 bits per heavy atom. The highest BCUT2D eigenvalue weighted by molar-refractivity contribution is 8.23. The summed E-state index contributed by atoms with van der Waals surface area (Å²) in [5, 5.41) is 0. The fourth-order valence-electron chi connectivity index (χ4n) is 8.87. The normalized spacial score (nSPS) is 21.7. The topological polar surface area (TPSA) is 78.9 Å². The van der Waals surface area contributed by atoms with Gasteiger partial charge in [0.2, 0.25) is 5.41 Å². The molecule has 349 valence electrons. The Bertz CT molecular complexity index is 2350. The third kappa shape index (κ3) is 8.91. The minimum absolute atomic E-state index is 0.0207. The van der Waals surface area contributed by atoms with E-state index in [9.17, 15) is 14.4 Å². The highest BCUT2D eigenvalue weighted by Gasteiger charge is 2.60. The van der Waals surface area contributed by atoms with Crippen LogP contribution in [0.2, 0.25) is 0 Å². The molecule has 0 unspecified atom stereocenters. The van der Waals surface area contributed by atoms with Crippen LogP contribution in [0, 0.1) is 5.92 Å². The van der Waals surface area contributed by atoms with Crippen LogP contribution in [0.1, 0.15) is 126 Å². The number of thioether (sulfide) groups is 12. The molecule has 3 aromatic rings. The quantitative estimate of drug-likeness (QED) is 0.0835. The SMILES string of the molecule is CCOC(=O)C(CC(=O)OC)(C(=O)OCC)c1c2c(c([C](c3c4c(cc5c3SC(C)(C)S5)SC(C)(C)S4)c3c4c(cc5c3SC(C)(C)S5)SC(C)(C)S4)c3c1SC(C)(C)S3)SC(C)(C)S2. The van der Waals surface area contributed by atoms with Crippen molar-refractivity contribution in [2.45, 2.75) is 192 Å². The van der Waals surface area contributed by atoms with E-state index in [0.717, 1.165) is 25.1 Å². The van der Waals surface area contributed by atoms with Crippen molar-refractivity contribution in [1.29, 1.82) is 0 Å². The molecule has 6 aliphatic heterocycles. The van der Waals surface area contributed by atoms with Gasteiger partial charge in [0.25, 0.3) is 0 Å². The number of rotatable bonds is 10. The minimum atomic E-state index is -2.13. The van der Waals surface area contributed by atoms with E-state index in [4.69, 9.17) is 14.2 Å². The maximum absolute atomic E-state index is 15.0. The van der Waals surface area contributed by atoms with Crippen molar-refractivity contribution in [3.05, 3.63) is 40.3 Å². The van der Waals surface area contributed by atoms with Gasteiger partial charge in [-0.3, -0.25) is 14.4 Å². The monoisotopic (exact) mass is 1100 g/mol. The lowest BCUT2D eigenvalue weighted by molar-refractivity contribution is -0.169. The predicted molar refractivity (Wildman–Crippen MR) is 286 cm³/mol. The van der Waals surface area contributed by atoms with Gasteiger partial charge in [-0.05, 0) is 126 Å².